The smallest absolute Gasteiger partial charge is 0.225 e. The molecule has 1 aromatic rings. The normalized spacial score (nSPS) is 24.2. The van der Waals surface area contributed by atoms with Gasteiger partial charge in [0, 0.05) is 43.2 Å². The Morgan fingerprint density at radius 3 is 2.36 bits per heavy atom. The number of carbonyl (C=O) groups is 2. The fourth-order valence-corrected chi connectivity index (χ4v) is 4.65. The number of nitrogens with zero attached hydrogens (tertiary/aromatic N) is 2. The lowest BCUT2D eigenvalue weighted by molar-refractivity contribution is -0.134. The lowest BCUT2D eigenvalue weighted by Gasteiger charge is -2.42. The van der Waals surface area contributed by atoms with Gasteiger partial charge in [-0.2, -0.15) is 0 Å². The number of hydrogen-bond acceptors (Lipinski definition) is 3. The number of piperidine rings is 2. The summed E-state index contributed by atoms with van der Waals surface area (Å²) in [5.74, 6) is 0.907. The van der Waals surface area contributed by atoms with Crippen molar-refractivity contribution in [2.75, 3.05) is 26.2 Å². The van der Waals surface area contributed by atoms with Gasteiger partial charge >= 0.3 is 0 Å². The van der Waals surface area contributed by atoms with Crippen LogP contribution in [0.25, 0.3) is 0 Å². The minimum atomic E-state index is 0.0622. The summed E-state index contributed by atoms with van der Waals surface area (Å²) in [7, 11) is 0. The maximum Gasteiger partial charge on any atom is 0.225 e. The molecule has 152 valence electrons. The topological polar surface area (TPSA) is 52.7 Å². The first-order valence-corrected chi connectivity index (χ1v) is 11.0. The molecule has 5 nitrogen and oxygen atoms in total. The van der Waals surface area contributed by atoms with Crippen molar-refractivity contribution in [2.45, 2.75) is 51.1 Å². The van der Waals surface area contributed by atoms with Crippen molar-refractivity contribution in [3.8, 4) is 0 Å². The molecular weight excluding hydrogens is 374 g/mol. The monoisotopic (exact) mass is 403 g/mol. The van der Waals surface area contributed by atoms with E-state index in [1.807, 2.05) is 24.3 Å². The standard InChI is InChI=1S/C22H30ClN3O2/c23-19-7-3-16(4-8-19)14-24-21(27)18-2-1-11-26(15-18)20-9-12-25(13-10-20)22(28)17-5-6-17/h3-4,7-8,17-18,20H,1-2,5-6,9-15H2,(H,24,27). The first-order chi connectivity index (χ1) is 13.6. The van der Waals surface area contributed by atoms with Crippen LogP contribution >= 0.6 is 11.6 Å². The summed E-state index contributed by atoms with van der Waals surface area (Å²) in [6.07, 6.45) is 6.27. The number of nitrogens with one attached hydrogen (secondary N) is 1. The highest BCUT2D eigenvalue weighted by Gasteiger charge is 2.37. The van der Waals surface area contributed by atoms with E-state index in [1.165, 1.54) is 0 Å². The van der Waals surface area contributed by atoms with Gasteiger partial charge in [0.05, 0.1) is 5.92 Å². The van der Waals surface area contributed by atoms with Gasteiger partial charge in [-0.1, -0.05) is 23.7 Å². The van der Waals surface area contributed by atoms with E-state index < -0.39 is 0 Å². The van der Waals surface area contributed by atoms with Gasteiger partial charge in [0.2, 0.25) is 11.8 Å². The second kappa shape index (κ2) is 8.83. The fraction of sp³-hybridized carbons (Fsp3) is 0.636. The highest BCUT2D eigenvalue weighted by atomic mass is 35.5. The third kappa shape index (κ3) is 4.87. The number of halogens is 1. The lowest BCUT2D eigenvalue weighted by atomic mass is 9.93. The molecule has 0 spiro atoms. The number of rotatable bonds is 5. The van der Waals surface area contributed by atoms with Crippen molar-refractivity contribution in [1.82, 2.24) is 15.1 Å². The lowest BCUT2D eigenvalue weighted by Crippen LogP contribution is -2.51. The van der Waals surface area contributed by atoms with E-state index in [1.54, 1.807) is 0 Å². The van der Waals surface area contributed by atoms with Crippen LogP contribution in [0.15, 0.2) is 24.3 Å². The van der Waals surface area contributed by atoms with Crippen LogP contribution in [0.5, 0.6) is 0 Å². The molecular formula is C22H30ClN3O2. The molecule has 1 aromatic carbocycles. The minimum absolute atomic E-state index is 0.0622. The van der Waals surface area contributed by atoms with E-state index in [-0.39, 0.29) is 11.8 Å². The highest BCUT2D eigenvalue weighted by molar-refractivity contribution is 6.30. The van der Waals surface area contributed by atoms with Crippen LogP contribution in [0.3, 0.4) is 0 Å². The van der Waals surface area contributed by atoms with Crippen LogP contribution < -0.4 is 5.32 Å². The van der Waals surface area contributed by atoms with Crippen molar-refractivity contribution in [1.29, 1.82) is 0 Å². The minimum Gasteiger partial charge on any atom is -0.352 e. The van der Waals surface area contributed by atoms with Crippen LogP contribution in [-0.4, -0.2) is 53.8 Å². The van der Waals surface area contributed by atoms with Crippen LogP contribution in [0.1, 0.15) is 44.1 Å². The first kappa shape index (κ1) is 19.7. The quantitative estimate of drug-likeness (QED) is 0.822. The average Bonchev–Trinajstić information content (AvgIpc) is 3.58. The van der Waals surface area contributed by atoms with Crippen LogP contribution in [0.2, 0.25) is 5.02 Å². The van der Waals surface area contributed by atoms with Crippen molar-refractivity contribution in [2.24, 2.45) is 11.8 Å². The molecule has 1 N–H and O–H groups in total. The Morgan fingerprint density at radius 2 is 1.68 bits per heavy atom. The van der Waals surface area contributed by atoms with E-state index in [2.05, 4.69) is 15.1 Å². The van der Waals surface area contributed by atoms with E-state index in [9.17, 15) is 9.59 Å². The summed E-state index contributed by atoms with van der Waals surface area (Å²) in [5, 5.41) is 3.80. The molecule has 0 aromatic heterocycles. The number of benzene rings is 1. The maximum absolute atomic E-state index is 12.7. The summed E-state index contributed by atoms with van der Waals surface area (Å²) in [6.45, 7) is 4.22. The van der Waals surface area contributed by atoms with E-state index >= 15 is 0 Å². The molecule has 2 aliphatic heterocycles. The molecule has 2 amide bonds. The van der Waals surface area contributed by atoms with Gasteiger partial charge in [-0.25, -0.2) is 0 Å². The average molecular weight is 404 g/mol. The van der Waals surface area contributed by atoms with Gasteiger partial charge in [-0.3, -0.25) is 14.5 Å². The van der Waals surface area contributed by atoms with Gasteiger partial charge in [-0.05, 0) is 62.8 Å². The molecule has 1 atom stereocenters. The molecule has 0 bridgehead atoms. The second-order valence-electron chi connectivity index (χ2n) is 8.51. The molecule has 4 rings (SSSR count). The van der Waals surface area contributed by atoms with E-state index in [0.717, 1.165) is 70.3 Å². The summed E-state index contributed by atoms with van der Waals surface area (Å²) in [5.41, 5.74) is 1.07. The molecule has 3 aliphatic rings. The van der Waals surface area contributed by atoms with E-state index in [4.69, 9.17) is 11.6 Å². The van der Waals surface area contributed by atoms with Gasteiger partial charge in [-0.15, -0.1) is 0 Å². The van der Waals surface area contributed by atoms with Crippen LogP contribution in [-0.2, 0) is 16.1 Å². The Morgan fingerprint density at radius 1 is 0.964 bits per heavy atom. The Hall–Kier alpha value is -1.59. The van der Waals surface area contributed by atoms with Gasteiger partial charge < -0.3 is 10.2 Å². The summed E-state index contributed by atoms with van der Waals surface area (Å²) in [4.78, 5) is 29.5. The molecule has 0 radical (unpaired) electrons. The zero-order valence-electron chi connectivity index (χ0n) is 16.4. The van der Waals surface area contributed by atoms with Gasteiger partial charge in [0.15, 0.2) is 0 Å². The maximum atomic E-state index is 12.7. The zero-order valence-corrected chi connectivity index (χ0v) is 17.2. The Bertz CT molecular complexity index is 696. The third-order valence-corrected chi connectivity index (χ3v) is 6.67. The predicted octanol–water partition coefficient (Wildman–Crippen LogP) is 3.07. The Labute approximate surface area is 172 Å². The first-order valence-electron chi connectivity index (χ1n) is 10.6. The predicted molar refractivity (Wildman–Crippen MR) is 110 cm³/mol. The summed E-state index contributed by atoms with van der Waals surface area (Å²) >= 11 is 5.92. The third-order valence-electron chi connectivity index (χ3n) is 6.42. The van der Waals surface area contributed by atoms with Gasteiger partial charge in [0.1, 0.15) is 0 Å². The number of amides is 2. The van der Waals surface area contributed by atoms with Gasteiger partial charge in [0.25, 0.3) is 0 Å². The second-order valence-corrected chi connectivity index (χ2v) is 8.95. The SMILES string of the molecule is O=C(NCc1ccc(Cl)cc1)C1CCCN(C2CCN(C(=O)C3CC3)CC2)C1. The zero-order chi connectivity index (χ0) is 19.5. The number of carbonyl (C=O) groups excluding carboxylic acids is 2. The van der Waals surface area contributed by atoms with Crippen molar-refractivity contribution >= 4 is 23.4 Å². The molecule has 2 heterocycles. The number of likely N-dealkylation sites (tertiary alicyclic amines) is 2. The number of hydrogen-bond donors (Lipinski definition) is 1. The Balaban J connectivity index is 1.24. The van der Waals surface area contributed by atoms with Crippen molar-refractivity contribution in [3.63, 3.8) is 0 Å². The Kier molecular flexibility index (Phi) is 6.22. The molecule has 3 fully saturated rings. The fourth-order valence-electron chi connectivity index (χ4n) is 4.53. The van der Waals surface area contributed by atoms with Crippen molar-refractivity contribution < 1.29 is 9.59 Å². The molecule has 1 unspecified atom stereocenters. The van der Waals surface area contributed by atoms with Crippen LogP contribution in [0, 0.1) is 11.8 Å². The molecule has 2 saturated heterocycles. The largest absolute Gasteiger partial charge is 0.352 e. The van der Waals surface area contributed by atoms with Crippen LogP contribution in [0.4, 0.5) is 0 Å². The molecule has 1 aliphatic carbocycles. The summed E-state index contributed by atoms with van der Waals surface area (Å²) < 4.78 is 0. The summed E-state index contributed by atoms with van der Waals surface area (Å²) in [6, 6.07) is 8.12. The van der Waals surface area contributed by atoms with Crippen molar-refractivity contribution in [3.05, 3.63) is 34.9 Å². The highest BCUT2D eigenvalue weighted by Crippen LogP contribution is 2.32. The van der Waals surface area contributed by atoms with E-state index in [0.29, 0.717) is 29.4 Å². The molecule has 6 heteroatoms. The molecule has 28 heavy (non-hydrogen) atoms. The molecule has 1 saturated carbocycles.